The van der Waals surface area contributed by atoms with Crippen LogP contribution < -0.4 is 5.32 Å². The Balaban J connectivity index is 2.18. The summed E-state index contributed by atoms with van der Waals surface area (Å²) in [5, 5.41) is 2.80. The zero-order chi connectivity index (χ0) is 17.0. The lowest BCUT2D eigenvalue weighted by Crippen LogP contribution is -2.41. The summed E-state index contributed by atoms with van der Waals surface area (Å²) in [4.78, 5) is 13.2. The van der Waals surface area contributed by atoms with Crippen molar-refractivity contribution >= 4 is 75.7 Å². The average molecular weight is 430 g/mol. The van der Waals surface area contributed by atoms with Crippen molar-refractivity contribution in [2.24, 2.45) is 0 Å². The third-order valence-corrected chi connectivity index (χ3v) is 5.62. The number of carbonyl (C=O) groups excluding carboxylic acids is 1. The van der Waals surface area contributed by atoms with Gasteiger partial charge in [-0.15, -0.1) is 0 Å². The number of nitrogens with one attached hydrogen (secondary N) is 1. The molecule has 0 bridgehead atoms. The van der Waals surface area contributed by atoms with Gasteiger partial charge in [0.15, 0.2) is 0 Å². The van der Waals surface area contributed by atoms with Crippen LogP contribution >= 0.6 is 69.8 Å². The van der Waals surface area contributed by atoms with Gasteiger partial charge in [-0.2, -0.15) is 0 Å². The molecule has 2 aromatic rings. The summed E-state index contributed by atoms with van der Waals surface area (Å²) in [5.74, 6) is -0.423. The van der Waals surface area contributed by atoms with Gasteiger partial charge in [-0.1, -0.05) is 81.9 Å². The van der Waals surface area contributed by atoms with Gasteiger partial charge in [0.25, 0.3) is 5.91 Å². The normalized spacial score (nSPS) is 12.7. The number of hydrogen-bond acceptors (Lipinski definition) is 2. The molecule has 1 atom stereocenters. The van der Waals surface area contributed by atoms with Crippen LogP contribution in [0.2, 0.25) is 10.0 Å². The van der Waals surface area contributed by atoms with Crippen molar-refractivity contribution in [1.82, 2.24) is 5.32 Å². The van der Waals surface area contributed by atoms with Crippen molar-refractivity contribution in [3.8, 4) is 0 Å². The minimum Gasteiger partial charge on any atom is -0.336 e. The topological polar surface area (TPSA) is 29.1 Å². The second kappa shape index (κ2) is 8.19. The quantitative estimate of drug-likeness (QED) is 0.356. The number of halogens is 5. The molecule has 0 aliphatic heterocycles. The molecule has 2 rings (SSSR count). The third kappa shape index (κ3) is 5.63. The Kier molecular flexibility index (Phi) is 6.78. The Bertz CT molecular complexity index is 687. The lowest BCUT2D eigenvalue weighted by molar-refractivity contribution is 0.0950. The predicted molar refractivity (Wildman–Crippen MR) is 100 cm³/mol. The molecule has 0 spiro atoms. The van der Waals surface area contributed by atoms with E-state index in [1.54, 1.807) is 48.5 Å². The van der Waals surface area contributed by atoms with Gasteiger partial charge in [0.05, 0.1) is 10.6 Å². The lowest BCUT2D eigenvalue weighted by Gasteiger charge is -2.25. The summed E-state index contributed by atoms with van der Waals surface area (Å²) < 4.78 is -1.71. The molecule has 0 radical (unpaired) electrons. The van der Waals surface area contributed by atoms with Crippen molar-refractivity contribution in [2.45, 2.75) is 14.1 Å². The fraction of sp³-hybridized carbons (Fsp3) is 0.133. The SMILES string of the molecule is O=C(N[C@@H](Sc1ccc(Cl)cc1)C(Cl)(Cl)Cl)c1ccccc1Cl. The van der Waals surface area contributed by atoms with Gasteiger partial charge >= 0.3 is 0 Å². The van der Waals surface area contributed by atoms with Crippen molar-refractivity contribution < 1.29 is 4.79 Å². The van der Waals surface area contributed by atoms with Crippen LogP contribution in [0.3, 0.4) is 0 Å². The third-order valence-electron chi connectivity index (χ3n) is 2.75. The maximum Gasteiger partial charge on any atom is 0.253 e. The largest absolute Gasteiger partial charge is 0.336 e. The average Bonchev–Trinajstić information content (AvgIpc) is 2.48. The van der Waals surface area contributed by atoms with Crippen LogP contribution in [0.15, 0.2) is 53.4 Å². The van der Waals surface area contributed by atoms with Crippen LogP contribution in [-0.2, 0) is 0 Å². The highest BCUT2D eigenvalue weighted by Crippen LogP contribution is 2.39. The van der Waals surface area contributed by atoms with Gasteiger partial charge in [0.1, 0.15) is 5.37 Å². The van der Waals surface area contributed by atoms with Crippen LogP contribution in [0.4, 0.5) is 0 Å². The molecule has 0 aliphatic carbocycles. The van der Waals surface area contributed by atoms with E-state index in [1.165, 1.54) is 11.8 Å². The van der Waals surface area contributed by atoms with Crippen LogP contribution in [0.5, 0.6) is 0 Å². The first-order valence-corrected chi connectivity index (χ1v) is 9.08. The van der Waals surface area contributed by atoms with Crippen molar-refractivity contribution in [3.63, 3.8) is 0 Å². The summed E-state index contributed by atoms with van der Waals surface area (Å²) in [7, 11) is 0. The molecule has 8 heteroatoms. The van der Waals surface area contributed by atoms with E-state index in [9.17, 15) is 4.79 Å². The molecular weight excluding hydrogens is 420 g/mol. The first-order valence-electron chi connectivity index (χ1n) is 6.31. The van der Waals surface area contributed by atoms with E-state index in [0.29, 0.717) is 15.6 Å². The highest BCUT2D eigenvalue weighted by atomic mass is 35.6. The summed E-state index contributed by atoms with van der Waals surface area (Å²) in [6.45, 7) is 0. The molecule has 0 unspecified atom stereocenters. The molecule has 0 saturated heterocycles. The molecule has 0 aliphatic rings. The molecule has 23 heavy (non-hydrogen) atoms. The molecule has 2 aromatic carbocycles. The molecule has 1 amide bonds. The summed E-state index contributed by atoms with van der Waals surface area (Å²) in [6.07, 6.45) is 0. The Hall–Kier alpha value is -0.290. The molecule has 0 heterocycles. The second-order valence-electron chi connectivity index (χ2n) is 4.45. The Morgan fingerprint density at radius 1 is 1.00 bits per heavy atom. The van der Waals surface area contributed by atoms with Crippen LogP contribution in [0.1, 0.15) is 10.4 Å². The zero-order valence-corrected chi connectivity index (χ0v) is 16.0. The van der Waals surface area contributed by atoms with E-state index >= 15 is 0 Å². The number of hydrogen-bond donors (Lipinski definition) is 1. The zero-order valence-electron chi connectivity index (χ0n) is 11.4. The Morgan fingerprint density at radius 2 is 1.61 bits per heavy atom. The molecule has 122 valence electrons. The molecule has 2 nitrogen and oxygen atoms in total. The van der Waals surface area contributed by atoms with Crippen LogP contribution in [-0.4, -0.2) is 15.1 Å². The van der Waals surface area contributed by atoms with E-state index in [2.05, 4.69) is 5.32 Å². The molecule has 1 N–H and O–H groups in total. The maximum atomic E-state index is 12.4. The van der Waals surface area contributed by atoms with E-state index in [0.717, 1.165) is 4.90 Å². The van der Waals surface area contributed by atoms with Gasteiger partial charge in [-0.3, -0.25) is 4.79 Å². The van der Waals surface area contributed by atoms with E-state index < -0.39 is 15.1 Å². The van der Waals surface area contributed by atoms with E-state index in [4.69, 9.17) is 58.0 Å². The van der Waals surface area contributed by atoms with Gasteiger partial charge in [0.2, 0.25) is 3.79 Å². The minimum atomic E-state index is -1.71. The lowest BCUT2D eigenvalue weighted by atomic mass is 10.2. The minimum absolute atomic E-state index is 0.310. The number of benzene rings is 2. The number of alkyl halides is 3. The highest BCUT2D eigenvalue weighted by molar-refractivity contribution is 8.00. The molecule has 0 saturated carbocycles. The van der Waals surface area contributed by atoms with Gasteiger partial charge in [-0.25, -0.2) is 0 Å². The number of amides is 1. The second-order valence-corrected chi connectivity index (χ2v) is 8.84. The summed E-state index contributed by atoms with van der Waals surface area (Å²) in [6, 6.07) is 13.6. The molecular formula is C15H10Cl5NOS. The standard InChI is InChI=1S/C15H10Cl5NOS/c16-9-5-7-10(8-6-9)23-14(15(18,19)20)21-13(22)11-3-1-2-4-12(11)17/h1-8,14H,(H,21,22)/t14-/m0/s1. The van der Waals surface area contributed by atoms with Crippen LogP contribution in [0, 0.1) is 0 Å². The highest BCUT2D eigenvalue weighted by Gasteiger charge is 2.35. The van der Waals surface area contributed by atoms with Gasteiger partial charge < -0.3 is 5.32 Å². The number of thioether (sulfide) groups is 1. The van der Waals surface area contributed by atoms with E-state index in [-0.39, 0.29) is 0 Å². The predicted octanol–water partition coefficient (Wildman–Crippen LogP) is 6.21. The molecule has 0 aromatic heterocycles. The van der Waals surface area contributed by atoms with Gasteiger partial charge in [0, 0.05) is 9.92 Å². The fourth-order valence-corrected chi connectivity index (χ4v) is 3.45. The van der Waals surface area contributed by atoms with Crippen molar-refractivity contribution in [1.29, 1.82) is 0 Å². The van der Waals surface area contributed by atoms with Gasteiger partial charge in [-0.05, 0) is 36.4 Å². The summed E-state index contributed by atoms with van der Waals surface area (Å²) >= 11 is 31.0. The van der Waals surface area contributed by atoms with Crippen molar-refractivity contribution in [2.75, 3.05) is 0 Å². The van der Waals surface area contributed by atoms with Crippen LogP contribution in [0.25, 0.3) is 0 Å². The fourth-order valence-electron chi connectivity index (χ4n) is 1.67. The Morgan fingerprint density at radius 3 is 2.17 bits per heavy atom. The summed E-state index contributed by atoms with van der Waals surface area (Å²) in [5.41, 5.74) is 0.310. The maximum absolute atomic E-state index is 12.4. The number of carbonyl (C=O) groups is 1. The molecule has 0 fully saturated rings. The Labute approximate surface area is 163 Å². The van der Waals surface area contributed by atoms with E-state index in [1.807, 2.05) is 0 Å². The monoisotopic (exact) mass is 427 g/mol. The first kappa shape index (κ1) is 19.0. The smallest absolute Gasteiger partial charge is 0.253 e. The first-order chi connectivity index (χ1) is 10.8. The number of rotatable bonds is 4. The van der Waals surface area contributed by atoms with Crippen molar-refractivity contribution in [3.05, 3.63) is 64.1 Å².